The van der Waals surface area contributed by atoms with E-state index in [-0.39, 0.29) is 12.6 Å². The van der Waals surface area contributed by atoms with E-state index in [1.807, 2.05) is 4.90 Å². The first kappa shape index (κ1) is 10.9. The molecule has 0 aliphatic carbocycles. The highest BCUT2D eigenvalue weighted by atomic mass is 16.3. The zero-order valence-corrected chi connectivity index (χ0v) is 8.06. The fraction of sp³-hybridized carbons (Fsp3) is 1.00. The maximum atomic E-state index is 9.48. The predicted molar refractivity (Wildman–Crippen MR) is 49.4 cm³/mol. The number of aliphatic hydroxyl groups excluding tert-OH is 3. The van der Waals surface area contributed by atoms with Crippen molar-refractivity contribution in [1.82, 2.24) is 4.90 Å². The fourth-order valence-corrected chi connectivity index (χ4v) is 1.80. The Morgan fingerprint density at radius 3 is 2.62 bits per heavy atom. The highest BCUT2D eigenvalue weighted by molar-refractivity contribution is 4.92. The first-order valence-corrected chi connectivity index (χ1v) is 4.91. The molecule has 78 valence electrons. The molecule has 0 aromatic rings. The molecule has 0 unspecified atom stereocenters. The summed E-state index contributed by atoms with van der Waals surface area (Å²) in [6.45, 7) is 3.33. The highest BCUT2D eigenvalue weighted by Gasteiger charge is 2.38. The summed E-state index contributed by atoms with van der Waals surface area (Å²) in [5, 5.41) is 27.9. The fourth-order valence-electron chi connectivity index (χ4n) is 1.80. The number of likely N-dealkylation sites (tertiary alicyclic amines) is 1. The third-order valence-electron chi connectivity index (χ3n) is 2.66. The maximum Gasteiger partial charge on any atom is 0.0988 e. The number of nitrogens with zero attached hydrogens (tertiary/aromatic N) is 1. The molecule has 13 heavy (non-hydrogen) atoms. The van der Waals surface area contributed by atoms with Gasteiger partial charge in [-0.3, -0.25) is 4.90 Å². The predicted octanol–water partition coefficient (Wildman–Crippen LogP) is -0.815. The van der Waals surface area contributed by atoms with Crippen LogP contribution in [0.1, 0.15) is 19.8 Å². The Morgan fingerprint density at radius 1 is 1.38 bits per heavy atom. The Bertz CT molecular complexity index is 154. The number of hydrogen-bond acceptors (Lipinski definition) is 4. The normalized spacial score (nSPS) is 35.5. The van der Waals surface area contributed by atoms with Gasteiger partial charge in [0.1, 0.15) is 0 Å². The van der Waals surface area contributed by atoms with Crippen LogP contribution >= 0.6 is 0 Å². The van der Waals surface area contributed by atoms with Gasteiger partial charge in [0.2, 0.25) is 0 Å². The van der Waals surface area contributed by atoms with Crippen molar-refractivity contribution in [1.29, 1.82) is 0 Å². The third-order valence-corrected chi connectivity index (χ3v) is 2.66. The SMILES string of the molecule is CCCCN1C[C@@H](O)[C@H](O)[C@H]1CO. The van der Waals surface area contributed by atoms with Crippen LogP contribution in [0.25, 0.3) is 0 Å². The van der Waals surface area contributed by atoms with Crippen molar-refractivity contribution in [3.05, 3.63) is 0 Å². The van der Waals surface area contributed by atoms with Gasteiger partial charge >= 0.3 is 0 Å². The van der Waals surface area contributed by atoms with Gasteiger partial charge in [-0.05, 0) is 13.0 Å². The Labute approximate surface area is 78.8 Å². The molecule has 3 atom stereocenters. The van der Waals surface area contributed by atoms with Crippen molar-refractivity contribution in [2.75, 3.05) is 19.7 Å². The number of rotatable bonds is 4. The molecule has 0 aromatic heterocycles. The van der Waals surface area contributed by atoms with Crippen LogP contribution in [-0.4, -0.2) is 58.2 Å². The van der Waals surface area contributed by atoms with Gasteiger partial charge in [-0.1, -0.05) is 13.3 Å². The van der Waals surface area contributed by atoms with Crippen LogP contribution in [0, 0.1) is 0 Å². The smallest absolute Gasteiger partial charge is 0.0988 e. The van der Waals surface area contributed by atoms with E-state index in [1.54, 1.807) is 0 Å². The van der Waals surface area contributed by atoms with Crippen LogP contribution in [0.4, 0.5) is 0 Å². The zero-order chi connectivity index (χ0) is 9.84. The lowest BCUT2D eigenvalue weighted by molar-refractivity contribution is 0.0216. The molecule has 1 heterocycles. The summed E-state index contributed by atoms with van der Waals surface area (Å²) in [6, 6.07) is -0.276. The Balaban J connectivity index is 2.44. The van der Waals surface area contributed by atoms with Crippen molar-refractivity contribution in [3.8, 4) is 0 Å². The van der Waals surface area contributed by atoms with Gasteiger partial charge in [-0.15, -0.1) is 0 Å². The molecule has 4 heteroatoms. The molecular weight excluding hydrogens is 170 g/mol. The third kappa shape index (κ3) is 2.40. The van der Waals surface area contributed by atoms with Crippen LogP contribution in [0.3, 0.4) is 0 Å². The van der Waals surface area contributed by atoms with Crippen LogP contribution < -0.4 is 0 Å². The van der Waals surface area contributed by atoms with Crippen LogP contribution in [0.15, 0.2) is 0 Å². The lowest BCUT2D eigenvalue weighted by atomic mass is 10.1. The zero-order valence-electron chi connectivity index (χ0n) is 8.06. The van der Waals surface area contributed by atoms with E-state index in [1.165, 1.54) is 0 Å². The minimum Gasteiger partial charge on any atom is -0.395 e. The standard InChI is InChI=1S/C9H19NO3/c1-2-3-4-10-5-8(12)9(13)7(10)6-11/h7-9,11-13H,2-6H2,1H3/t7-,8-,9-/m1/s1. The minimum absolute atomic E-state index is 0.0814. The average Bonchev–Trinajstić information content (AvgIpc) is 2.39. The monoisotopic (exact) mass is 189 g/mol. The first-order chi connectivity index (χ1) is 6.20. The topological polar surface area (TPSA) is 63.9 Å². The second-order valence-corrected chi connectivity index (χ2v) is 3.66. The van der Waals surface area contributed by atoms with Crippen molar-refractivity contribution in [2.24, 2.45) is 0 Å². The molecule has 1 fully saturated rings. The Kier molecular flexibility index (Phi) is 4.12. The molecule has 0 spiro atoms. The summed E-state index contributed by atoms with van der Waals surface area (Å²) in [5.41, 5.74) is 0. The molecule has 0 aromatic carbocycles. The minimum atomic E-state index is -0.790. The highest BCUT2D eigenvalue weighted by Crippen LogP contribution is 2.18. The van der Waals surface area contributed by atoms with Gasteiger partial charge in [-0.2, -0.15) is 0 Å². The number of unbranched alkanes of at least 4 members (excludes halogenated alkanes) is 1. The van der Waals surface area contributed by atoms with Gasteiger partial charge in [0.25, 0.3) is 0 Å². The summed E-state index contributed by atoms with van der Waals surface area (Å²) in [7, 11) is 0. The van der Waals surface area contributed by atoms with Crippen LogP contribution in [0.5, 0.6) is 0 Å². The summed E-state index contributed by atoms with van der Waals surface area (Å²) < 4.78 is 0. The molecule has 4 nitrogen and oxygen atoms in total. The van der Waals surface area contributed by atoms with Crippen molar-refractivity contribution in [2.45, 2.75) is 38.0 Å². The lowest BCUT2D eigenvalue weighted by Crippen LogP contribution is -2.39. The molecule has 1 rings (SSSR count). The maximum absolute atomic E-state index is 9.48. The van der Waals surface area contributed by atoms with Crippen LogP contribution in [0.2, 0.25) is 0 Å². The van der Waals surface area contributed by atoms with Gasteiger partial charge in [0.15, 0.2) is 0 Å². The molecule has 1 saturated heterocycles. The van der Waals surface area contributed by atoms with E-state index in [0.717, 1.165) is 19.4 Å². The summed E-state index contributed by atoms with van der Waals surface area (Å²) in [6.07, 6.45) is 0.632. The Morgan fingerprint density at radius 2 is 2.08 bits per heavy atom. The van der Waals surface area contributed by atoms with E-state index in [9.17, 15) is 10.2 Å². The molecule has 3 N–H and O–H groups in total. The second-order valence-electron chi connectivity index (χ2n) is 3.66. The molecule has 0 bridgehead atoms. The first-order valence-electron chi connectivity index (χ1n) is 4.91. The largest absolute Gasteiger partial charge is 0.395 e. The number of aliphatic hydroxyl groups is 3. The summed E-state index contributed by atoms with van der Waals surface area (Å²) in [4.78, 5) is 1.96. The van der Waals surface area contributed by atoms with E-state index in [2.05, 4.69) is 6.92 Å². The molecule has 0 saturated carbocycles. The lowest BCUT2D eigenvalue weighted by Gasteiger charge is -2.23. The van der Waals surface area contributed by atoms with Gasteiger partial charge in [0, 0.05) is 6.54 Å². The molecule has 1 aliphatic heterocycles. The summed E-state index contributed by atoms with van der Waals surface area (Å²) >= 11 is 0. The second kappa shape index (κ2) is 4.91. The van der Waals surface area contributed by atoms with Crippen molar-refractivity contribution >= 4 is 0 Å². The van der Waals surface area contributed by atoms with Gasteiger partial charge in [0.05, 0.1) is 24.9 Å². The quantitative estimate of drug-likeness (QED) is 0.541. The number of β-amino-alcohol motifs (C(OH)–C–C–N with tert-alkyl or cyclic N) is 1. The number of hydrogen-bond donors (Lipinski definition) is 3. The Hall–Kier alpha value is -0.160. The molecule has 0 radical (unpaired) electrons. The van der Waals surface area contributed by atoms with Crippen molar-refractivity contribution in [3.63, 3.8) is 0 Å². The van der Waals surface area contributed by atoms with E-state index in [4.69, 9.17) is 5.11 Å². The average molecular weight is 189 g/mol. The van der Waals surface area contributed by atoms with E-state index < -0.39 is 12.2 Å². The molecule has 0 amide bonds. The molecular formula is C9H19NO3. The van der Waals surface area contributed by atoms with Crippen molar-refractivity contribution < 1.29 is 15.3 Å². The van der Waals surface area contributed by atoms with Crippen LogP contribution in [-0.2, 0) is 0 Å². The molecule has 1 aliphatic rings. The van der Waals surface area contributed by atoms with Gasteiger partial charge in [-0.25, -0.2) is 0 Å². The van der Waals surface area contributed by atoms with Gasteiger partial charge < -0.3 is 15.3 Å². The summed E-state index contributed by atoms with van der Waals surface area (Å²) in [5.74, 6) is 0. The van der Waals surface area contributed by atoms with E-state index >= 15 is 0 Å². The van der Waals surface area contributed by atoms with E-state index in [0.29, 0.717) is 6.54 Å².